The van der Waals surface area contributed by atoms with E-state index in [0.29, 0.717) is 5.41 Å². The van der Waals surface area contributed by atoms with Crippen molar-refractivity contribution in [1.29, 1.82) is 0 Å². The van der Waals surface area contributed by atoms with E-state index in [2.05, 4.69) is 70.4 Å². The van der Waals surface area contributed by atoms with Crippen molar-refractivity contribution >= 4 is 17.1 Å². The summed E-state index contributed by atoms with van der Waals surface area (Å²) in [5, 5.41) is 0. The lowest BCUT2D eigenvalue weighted by Crippen LogP contribution is -2.68. The van der Waals surface area contributed by atoms with Crippen LogP contribution < -0.4 is 10.6 Å². The lowest BCUT2D eigenvalue weighted by Gasteiger charge is -2.56. The predicted octanol–water partition coefficient (Wildman–Crippen LogP) is 4.96. The first kappa shape index (κ1) is 20.2. The molecule has 0 bridgehead atoms. The molecule has 2 aliphatic rings. The summed E-state index contributed by atoms with van der Waals surface area (Å²) in [5.41, 5.74) is 10.1. The summed E-state index contributed by atoms with van der Waals surface area (Å²) in [5.74, 6) is 1.06. The highest BCUT2D eigenvalue weighted by molar-refractivity contribution is 5.74. The highest BCUT2D eigenvalue weighted by atomic mass is 15.4. The quantitative estimate of drug-likeness (QED) is 0.817. The molecule has 3 rings (SSSR count). The van der Waals surface area contributed by atoms with Gasteiger partial charge in [-0.25, -0.2) is 4.98 Å². The van der Waals surface area contributed by atoms with Crippen LogP contribution in [0.25, 0.3) is 5.57 Å². The zero-order chi connectivity index (χ0) is 20.0. The number of nitrogens with two attached hydrogens (primary N) is 1. The van der Waals surface area contributed by atoms with Crippen LogP contribution in [-0.4, -0.2) is 40.6 Å². The van der Waals surface area contributed by atoms with Crippen molar-refractivity contribution in [2.45, 2.75) is 78.8 Å². The van der Waals surface area contributed by atoms with Crippen molar-refractivity contribution < 1.29 is 0 Å². The van der Waals surface area contributed by atoms with Crippen LogP contribution in [0, 0.1) is 5.41 Å². The standard InChI is InChI=1S/C23H38N4/c1-8-27-22(4,5)15-26(16-23(27,6)7)19-10-9-18(24)20(25-19)17-11-13-21(2,3)14-12-17/h9-11H,8,12-16,24H2,1-7H3. The summed E-state index contributed by atoms with van der Waals surface area (Å²) in [6, 6.07) is 4.14. The van der Waals surface area contributed by atoms with Gasteiger partial charge in [0.15, 0.2) is 0 Å². The molecule has 150 valence electrons. The largest absolute Gasteiger partial charge is 0.397 e. The Morgan fingerprint density at radius 1 is 1.04 bits per heavy atom. The fraction of sp³-hybridized carbons (Fsp3) is 0.696. The van der Waals surface area contributed by atoms with Crippen molar-refractivity contribution in [3.05, 3.63) is 23.9 Å². The molecule has 0 amide bonds. The number of nitrogens with zero attached hydrogens (tertiary/aromatic N) is 3. The Kier molecular flexibility index (Phi) is 5.09. The van der Waals surface area contributed by atoms with E-state index in [4.69, 9.17) is 10.7 Å². The number of pyridine rings is 1. The molecule has 4 nitrogen and oxygen atoms in total. The molecule has 0 saturated carbocycles. The Morgan fingerprint density at radius 3 is 2.19 bits per heavy atom. The van der Waals surface area contributed by atoms with Crippen molar-refractivity contribution in [2.75, 3.05) is 30.3 Å². The monoisotopic (exact) mass is 370 g/mol. The third-order valence-electron chi connectivity index (χ3n) is 6.45. The van der Waals surface area contributed by atoms with Crippen LogP contribution in [0.4, 0.5) is 11.5 Å². The lowest BCUT2D eigenvalue weighted by atomic mass is 9.77. The third-order valence-corrected chi connectivity index (χ3v) is 6.45. The number of hydrogen-bond acceptors (Lipinski definition) is 4. The van der Waals surface area contributed by atoms with Gasteiger partial charge in [0, 0.05) is 24.2 Å². The summed E-state index contributed by atoms with van der Waals surface area (Å²) in [7, 11) is 0. The van der Waals surface area contributed by atoms with Crippen molar-refractivity contribution in [3.63, 3.8) is 0 Å². The molecule has 1 aromatic rings. The zero-order valence-electron chi connectivity index (χ0n) is 18.4. The summed E-state index contributed by atoms with van der Waals surface area (Å²) in [6.45, 7) is 19.3. The van der Waals surface area contributed by atoms with Gasteiger partial charge in [-0.05, 0) is 76.6 Å². The summed E-state index contributed by atoms with van der Waals surface area (Å²) < 4.78 is 0. The molecule has 0 unspecified atom stereocenters. The maximum Gasteiger partial charge on any atom is 0.129 e. The molecule has 4 heteroatoms. The highest BCUT2D eigenvalue weighted by Crippen LogP contribution is 2.40. The summed E-state index contributed by atoms with van der Waals surface area (Å²) >= 11 is 0. The average Bonchev–Trinajstić information content (AvgIpc) is 2.54. The van der Waals surface area contributed by atoms with E-state index in [0.717, 1.165) is 49.7 Å². The van der Waals surface area contributed by atoms with E-state index in [1.165, 1.54) is 12.0 Å². The summed E-state index contributed by atoms with van der Waals surface area (Å²) in [6.07, 6.45) is 5.71. The molecule has 1 aromatic heterocycles. The van der Waals surface area contributed by atoms with Crippen LogP contribution in [0.1, 0.15) is 73.4 Å². The maximum atomic E-state index is 6.34. The molecule has 0 radical (unpaired) electrons. The Balaban J connectivity index is 1.92. The van der Waals surface area contributed by atoms with Crippen molar-refractivity contribution in [2.24, 2.45) is 5.41 Å². The van der Waals surface area contributed by atoms with Crippen LogP contribution in [0.5, 0.6) is 0 Å². The second kappa shape index (κ2) is 6.80. The Hall–Kier alpha value is -1.55. The topological polar surface area (TPSA) is 45.4 Å². The number of anilines is 2. The van der Waals surface area contributed by atoms with Crippen LogP contribution >= 0.6 is 0 Å². The van der Waals surface area contributed by atoms with E-state index in [-0.39, 0.29) is 11.1 Å². The second-order valence-corrected chi connectivity index (χ2v) is 10.4. The first-order chi connectivity index (χ1) is 12.5. The fourth-order valence-electron chi connectivity index (χ4n) is 5.18. The van der Waals surface area contributed by atoms with Crippen LogP contribution in [0.3, 0.4) is 0 Å². The highest BCUT2D eigenvalue weighted by Gasteiger charge is 2.44. The van der Waals surface area contributed by atoms with Crippen molar-refractivity contribution in [3.8, 4) is 0 Å². The van der Waals surface area contributed by atoms with Crippen LogP contribution in [0.2, 0.25) is 0 Å². The van der Waals surface area contributed by atoms with Crippen LogP contribution in [-0.2, 0) is 0 Å². The molecule has 0 atom stereocenters. The van der Waals surface area contributed by atoms with Gasteiger partial charge in [-0.15, -0.1) is 0 Å². The number of piperazine rings is 1. The molecular weight excluding hydrogens is 332 g/mol. The van der Waals surface area contributed by atoms with Gasteiger partial charge in [-0.1, -0.05) is 26.8 Å². The molecule has 0 aromatic carbocycles. The Morgan fingerprint density at radius 2 is 1.67 bits per heavy atom. The normalized spacial score (nSPS) is 24.6. The minimum Gasteiger partial charge on any atom is -0.397 e. The van der Waals surface area contributed by atoms with E-state index >= 15 is 0 Å². The molecule has 2 heterocycles. The number of aromatic nitrogens is 1. The molecule has 0 spiro atoms. The maximum absolute atomic E-state index is 6.34. The molecule has 1 saturated heterocycles. The zero-order valence-corrected chi connectivity index (χ0v) is 18.4. The van der Waals surface area contributed by atoms with Gasteiger partial charge in [0.1, 0.15) is 5.82 Å². The van der Waals surface area contributed by atoms with Gasteiger partial charge in [0.05, 0.1) is 11.4 Å². The number of rotatable bonds is 3. The average molecular weight is 371 g/mol. The fourth-order valence-corrected chi connectivity index (χ4v) is 5.18. The van der Waals surface area contributed by atoms with Gasteiger partial charge in [-0.3, -0.25) is 4.90 Å². The minimum absolute atomic E-state index is 0.105. The summed E-state index contributed by atoms with van der Waals surface area (Å²) in [4.78, 5) is 10.1. The van der Waals surface area contributed by atoms with E-state index in [1.807, 2.05) is 6.07 Å². The third kappa shape index (κ3) is 4.01. The predicted molar refractivity (Wildman–Crippen MR) is 117 cm³/mol. The number of hydrogen-bond donors (Lipinski definition) is 1. The minimum atomic E-state index is 0.105. The number of allylic oxidation sites excluding steroid dienone is 2. The van der Waals surface area contributed by atoms with E-state index < -0.39 is 0 Å². The van der Waals surface area contributed by atoms with Gasteiger partial charge in [0.25, 0.3) is 0 Å². The van der Waals surface area contributed by atoms with E-state index in [1.54, 1.807) is 0 Å². The number of likely N-dealkylation sites (N-methyl/N-ethyl adjacent to an activating group) is 1. The van der Waals surface area contributed by atoms with Gasteiger partial charge >= 0.3 is 0 Å². The smallest absolute Gasteiger partial charge is 0.129 e. The van der Waals surface area contributed by atoms with E-state index in [9.17, 15) is 0 Å². The molecule has 27 heavy (non-hydrogen) atoms. The molecule has 1 fully saturated rings. The first-order valence-electron chi connectivity index (χ1n) is 10.4. The molecule has 1 aliphatic carbocycles. The first-order valence-corrected chi connectivity index (χ1v) is 10.4. The molecular formula is C23H38N4. The lowest BCUT2D eigenvalue weighted by molar-refractivity contribution is 0.00463. The van der Waals surface area contributed by atoms with Gasteiger partial charge < -0.3 is 10.6 Å². The molecule has 2 N–H and O–H groups in total. The Bertz CT molecular complexity index is 712. The molecule has 1 aliphatic heterocycles. The second-order valence-electron chi connectivity index (χ2n) is 10.4. The SMILES string of the molecule is CCN1C(C)(C)CN(c2ccc(N)c(C3=CCC(C)(C)CC3)n2)CC1(C)C. The van der Waals surface area contributed by atoms with Gasteiger partial charge in [0.2, 0.25) is 0 Å². The van der Waals surface area contributed by atoms with Crippen LogP contribution in [0.15, 0.2) is 18.2 Å². The van der Waals surface area contributed by atoms with Crippen molar-refractivity contribution in [1.82, 2.24) is 9.88 Å². The Labute approximate surface area is 165 Å². The number of nitrogen functional groups attached to an aromatic ring is 1. The van der Waals surface area contributed by atoms with Gasteiger partial charge in [-0.2, -0.15) is 0 Å².